The Bertz CT molecular complexity index is 448. The minimum Gasteiger partial charge on any atom is -0.323 e. The van der Waals surface area contributed by atoms with Crippen LogP contribution in [0.3, 0.4) is 0 Å². The molecule has 0 radical (unpaired) electrons. The van der Waals surface area contributed by atoms with Gasteiger partial charge < -0.3 is 5.73 Å². The van der Waals surface area contributed by atoms with Gasteiger partial charge in [-0.3, -0.25) is 4.98 Å². The third kappa shape index (κ3) is 4.04. The summed E-state index contributed by atoms with van der Waals surface area (Å²) in [6, 6.07) is 3.02. The SMILES string of the molecule is CCCN(CC)S(=O)(=O)CC(N)c1cccnc1. The van der Waals surface area contributed by atoms with E-state index in [-0.39, 0.29) is 5.75 Å². The summed E-state index contributed by atoms with van der Waals surface area (Å²) in [7, 11) is -3.30. The van der Waals surface area contributed by atoms with E-state index in [9.17, 15) is 8.42 Å². The summed E-state index contributed by atoms with van der Waals surface area (Å²) in [5.41, 5.74) is 6.67. The van der Waals surface area contributed by atoms with Crippen molar-refractivity contribution in [3.05, 3.63) is 30.1 Å². The molecule has 0 bridgehead atoms. The Balaban J connectivity index is 2.76. The minimum absolute atomic E-state index is 0.0769. The zero-order chi connectivity index (χ0) is 13.6. The molecule has 1 aromatic rings. The summed E-state index contributed by atoms with van der Waals surface area (Å²) in [6.45, 7) is 4.82. The number of aromatic nitrogens is 1. The van der Waals surface area contributed by atoms with E-state index in [1.54, 1.807) is 24.5 Å². The fraction of sp³-hybridized carbons (Fsp3) is 0.583. The van der Waals surface area contributed by atoms with Gasteiger partial charge >= 0.3 is 0 Å². The molecule has 1 rings (SSSR count). The molecule has 0 amide bonds. The van der Waals surface area contributed by atoms with Gasteiger partial charge in [-0.1, -0.05) is 19.9 Å². The van der Waals surface area contributed by atoms with E-state index in [4.69, 9.17) is 5.73 Å². The largest absolute Gasteiger partial charge is 0.323 e. The lowest BCUT2D eigenvalue weighted by Crippen LogP contribution is -2.37. The van der Waals surface area contributed by atoms with E-state index in [1.165, 1.54) is 4.31 Å². The molecule has 0 aromatic carbocycles. The van der Waals surface area contributed by atoms with Gasteiger partial charge in [-0.05, 0) is 18.1 Å². The van der Waals surface area contributed by atoms with Crippen molar-refractivity contribution in [1.82, 2.24) is 9.29 Å². The van der Waals surface area contributed by atoms with Crippen LogP contribution in [0.4, 0.5) is 0 Å². The third-order valence-electron chi connectivity index (χ3n) is 2.72. The first-order chi connectivity index (χ1) is 8.51. The fourth-order valence-corrected chi connectivity index (χ4v) is 3.48. The molecule has 1 unspecified atom stereocenters. The highest BCUT2D eigenvalue weighted by molar-refractivity contribution is 7.89. The summed E-state index contributed by atoms with van der Waals surface area (Å²) in [5.74, 6) is -0.0769. The van der Waals surface area contributed by atoms with Crippen LogP contribution in [0, 0.1) is 0 Å². The Morgan fingerprint density at radius 2 is 2.17 bits per heavy atom. The smallest absolute Gasteiger partial charge is 0.215 e. The van der Waals surface area contributed by atoms with E-state index in [0.717, 1.165) is 12.0 Å². The molecular weight excluding hydrogens is 250 g/mol. The second-order valence-corrected chi connectivity index (χ2v) is 6.18. The Kier molecular flexibility index (Phi) is 5.71. The minimum atomic E-state index is -3.30. The Morgan fingerprint density at radius 3 is 2.67 bits per heavy atom. The van der Waals surface area contributed by atoms with Crippen molar-refractivity contribution in [3.63, 3.8) is 0 Å². The van der Waals surface area contributed by atoms with Gasteiger partial charge in [0.05, 0.1) is 5.75 Å². The molecular formula is C12H21N3O2S. The molecule has 2 N–H and O–H groups in total. The molecule has 18 heavy (non-hydrogen) atoms. The lowest BCUT2D eigenvalue weighted by molar-refractivity contribution is 0.424. The van der Waals surface area contributed by atoms with Crippen LogP contribution in [0.15, 0.2) is 24.5 Å². The number of hydrogen-bond donors (Lipinski definition) is 1. The van der Waals surface area contributed by atoms with Gasteiger partial charge in [-0.15, -0.1) is 0 Å². The highest BCUT2D eigenvalue weighted by atomic mass is 32.2. The second-order valence-electron chi connectivity index (χ2n) is 4.16. The number of hydrogen-bond acceptors (Lipinski definition) is 4. The maximum atomic E-state index is 12.2. The Hall–Kier alpha value is -0.980. The molecule has 0 saturated carbocycles. The van der Waals surface area contributed by atoms with Crippen LogP contribution in [0.5, 0.6) is 0 Å². The predicted octanol–water partition coefficient (Wildman–Crippen LogP) is 1.14. The van der Waals surface area contributed by atoms with E-state index >= 15 is 0 Å². The van der Waals surface area contributed by atoms with Crippen LogP contribution < -0.4 is 5.73 Å². The molecule has 6 heteroatoms. The maximum Gasteiger partial charge on any atom is 0.215 e. The van der Waals surface area contributed by atoms with E-state index in [1.807, 2.05) is 13.8 Å². The van der Waals surface area contributed by atoms with Crippen LogP contribution in [0.25, 0.3) is 0 Å². The quantitative estimate of drug-likeness (QED) is 0.807. The summed E-state index contributed by atoms with van der Waals surface area (Å²) < 4.78 is 25.8. The van der Waals surface area contributed by atoms with E-state index in [0.29, 0.717) is 13.1 Å². The lowest BCUT2D eigenvalue weighted by atomic mass is 10.2. The van der Waals surface area contributed by atoms with Crippen molar-refractivity contribution < 1.29 is 8.42 Å². The highest BCUT2D eigenvalue weighted by Crippen LogP contribution is 2.13. The van der Waals surface area contributed by atoms with Crippen molar-refractivity contribution in [2.24, 2.45) is 5.73 Å². The first-order valence-corrected chi connectivity index (χ1v) is 7.75. The van der Waals surface area contributed by atoms with Gasteiger partial charge in [0, 0.05) is 31.5 Å². The third-order valence-corrected chi connectivity index (χ3v) is 4.73. The van der Waals surface area contributed by atoms with Crippen molar-refractivity contribution in [2.45, 2.75) is 26.3 Å². The summed E-state index contributed by atoms with van der Waals surface area (Å²) in [6.07, 6.45) is 4.05. The number of pyridine rings is 1. The van der Waals surface area contributed by atoms with Crippen molar-refractivity contribution >= 4 is 10.0 Å². The number of nitrogens with two attached hydrogens (primary N) is 1. The fourth-order valence-electron chi connectivity index (χ4n) is 1.77. The average Bonchev–Trinajstić information content (AvgIpc) is 2.36. The van der Waals surface area contributed by atoms with Crippen molar-refractivity contribution in [1.29, 1.82) is 0 Å². The zero-order valence-corrected chi connectivity index (χ0v) is 11.7. The standard InChI is InChI=1S/C12H21N3O2S/c1-3-8-15(4-2)18(16,17)10-12(13)11-6-5-7-14-9-11/h5-7,9,12H,3-4,8,10,13H2,1-2H3. The summed E-state index contributed by atoms with van der Waals surface area (Å²) in [4.78, 5) is 3.95. The van der Waals surface area contributed by atoms with Crippen LogP contribution in [0.2, 0.25) is 0 Å². The molecule has 1 heterocycles. The highest BCUT2D eigenvalue weighted by Gasteiger charge is 2.23. The lowest BCUT2D eigenvalue weighted by Gasteiger charge is -2.22. The molecule has 0 aliphatic carbocycles. The van der Waals surface area contributed by atoms with Gasteiger partial charge in [0.2, 0.25) is 10.0 Å². The zero-order valence-electron chi connectivity index (χ0n) is 10.9. The molecule has 102 valence electrons. The topological polar surface area (TPSA) is 76.3 Å². The number of nitrogens with zero attached hydrogens (tertiary/aromatic N) is 2. The molecule has 1 atom stereocenters. The first-order valence-electron chi connectivity index (χ1n) is 6.14. The molecule has 0 fully saturated rings. The van der Waals surface area contributed by atoms with Gasteiger partial charge in [0.1, 0.15) is 0 Å². The van der Waals surface area contributed by atoms with Gasteiger partial charge in [0.25, 0.3) is 0 Å². The van der Waals surface area contributed by atoms with Crippen LogP contribution in [-0.4, -0.2) is 36.5 Å². The second kappa shape index (κ2) is 6.82. The van der Waals surface area contributed by atoms with E-state index in [2.05, 4.69) is 4.98 Å². The molecule has 0 saturated heterocycles. The van der Waals surface area contributed by atoms with Crippen molar-refractivity contribution in [2.75, 3.05) is 18.8 Å². The monoisotopic (exact) mass is 271 g/mol. The molecule has 0 spiro atoms. The first kappa shape index (κ1) is 15.1. The van der Waals surface area contributed by atoms with E-state index < -0.39 is 16.1 Å². The van der Waals surface area contributed by atoms with Crippen molar-refractivity contribution in [3.8, 4) is 0 Å². The Labute approximate surface area is 109 Å². The number of sulfonamides is 1. The molecule has 5 nitrogen and oxygen atoms in total. The average molecular weight is 271 g/mol. The van der Waals surface area contributed by atoms with Crippen LogP contribution >= 0.6 is 0 Å². The van der Waals surface area contributed by atoms with Crippen LogP contribution in [0.1, 0.15) is 31.9 Å². The van der Waals surface area contributed by atoms with Crippen LogP contribution in [-0.2, 0) is 10.0 Å². The summed E-state index contributed by atoms with van der Waals surface area (Å²) in [5, 5.41) is 0. The number of rotatable bonds is 7. The maximum absolute atomic E-state index is 12.2. The van der Waals surface area contributed by atoms with Gasteiger partial charge in [0.15, 0.2) is 0 Å². The normalized spacial score (nSPS) is 13.8. The summed E-state index contributed by atoms with van der Waals surface area (Å²) >= 11 is 0. The van der Waals surface area contributed by atoms with Gasteiger partial charge in [-0.2, -0.15) is 0 Å². The van der Waals surface area contributed by atoms with Gasteiger partial charge in [-0.25, -0.2) is 12.7 Å². The predicted molar refractivity (Wildman–Crippen MR) is 72.5 cm³/mol. The molecule has 0 aliphatic heterocycles. The molecule has 1 aromatic heterocycles. The Morgan fingerprint density at radius 1 is 1.44 bits per heavy atom. The molecule has 0 aliphatic rings.